The second-order valence-electron chi connectivity index (χ2n) is 6.39. The first-order chi connectivity index (χ1) is 12.7. The maximum absolute atomic E-state index is 13.1. The maximum atomic E-state index is 13.1. The number of hydrogen-bond acceptors (Lipinski definition) is 4. The fourth-order valence-corrected chi connectivity index (χ4v) is 3.27. The summed E-state index contributed by atoms with van der Waals surface area (Å²) in [5.41, 5.74) is 2.57. The van der Waals surface area contributed by atoms with Crippen LogP contribution in [-0.4, -0.2) is 51.8 Å². The van der Waals surface area contributed by atoms with E-state index in [2.05, 4.69) is 27.1 Å². The molecule has 1 aromatic carbocycles. The number of nitrogens with zero attached hydrogens (tertiary/aromatic N) is 5. The largest absolute Gasteiger partial charge is 0.368 e. The Bertz CT molecular complexity index is 883. The summed E-state index contributed by atoms with van der Waals surface area (Å²) in [6.07, 6.45) is 1.71. The van der Waals surface area contributed by atoms with E-state index in [1.807, 2.05) is 54.3 Å². The normalized spacial score (nSPS) is 14.5. The smallest absolute Gasteiger partial charge is 0.272 e. The molecule has 1 amide bonds. The molecule has 1 saturated heterocycles. The first-order valence-electron chi connectivity index (χ1n) is 8.80. The third-order valence-electron chi connectivity index (χ3n) is 4.61. The first-order valence-corrected chi connectivity index (χ1v) is 8.80. The fraction of sp³-hybridized carbons (Fsp3) is 0.250. The van der Waals surface area contributed by atoms with E-state index in [9.17, 15) is 4.79 Å². The van der Waals surface area contributed by atoms with Crippen LogP contribution in [0.3, 0.4) is 0 Å². The van der Waals surface area contributed by atoms with Crippen LogP contribution in [0.4, 0.5) is 5.69 Å². The van der Waals surface area contributed by atoms with E-state index in [0.29, 0.717) is 24.6 Å². The molecule has 2 aromatic heterocycles. The zero-order valence-electron chi connectivity index (χ0n) is 14.7. The highest BCUT2D eigenvalue weighted by Crippen LogP contribution is 2.18. The van der Waals surface area contributed by atoms with Crippen LogP contribution in [0.2, 0.25) is 0 Å². The standard InChI is InChI=1S/C20H21N5O/c1-16-15-18(25(22-16)19-9-5-6-10-21-19)20(26)24-13-11-23(12-14-24)17-7-3-2-4-8-17/h2-10,15H,11-14H2,1H3. The molecule has 3 heterocycles. The highest BCUT2D eigenvalue weighted by molar-refractivity contribution is 5.93. The van der Waals surface area contributed by atoms with Gasteiger partial charge >= 0.3 is 0 Å². The molecule has 26 heavy (non-hydrogen) atoms. The van der Waals surface area contributed by atoms with Gasteiger partial charge in [0.2, 0.25) is 0 Å². The van der Waals surface area contributed by atoms with Crippen molar-refractivity contribution in [3.8, 4) is 5.82 Å². The Morgan fingerprint density at radius 3 is 2.38 bits per heavy atom. The molecule has 0 spiro atoms. The molecule has 4 rings (SSSR count). The van der Waals surface area contributed by atoms with Gasteiger partial charge in [-0.15, -0.1) is 0 Å². The van der Waals surface area contributed by atoms with E-state index in [-0.39, 0.29) is 5.91 Å². The number of amides is 1. The van der Waals surface area contributed by atoms with Crippen LogP contribution in [0.5, 0.6) is 0 Å². The van der Waals surface area contributed by atoms with Crippen molar-refractivity contribution in [1.29, 1.82) is 0 Å². The average Bonchev–Trinajstić information content (AvgIpc) is 3.11. The molecule has 0 N–H and O–H groups in total. The Kier molecular flexibility index (Phi) is 4.39. The highest BCUT2D eigenvalue weighted by Gasteiger charge is 2.25. The number of hydrogen-bond donors (Lipinski definition) is 0. The van der Waals surface area contributed by atoms with E-state index in [1.54, 1.807) is 10.9 Å². The number of piperazine rings is 1. The van der Waals surface area contributed by atoms with Crippen LogP contribution in [0.1, 0.15) is 16.2 Å². The Balaban J connectivity index is 1.51. The van der Waals surface area contributed by atoms with Gasteiger partial charge in [0.05, 0.1) is 5.69 Å². The van der Waals surface area contributed by atoms with Crippen LogP contribution in [0.25, 0.3) is 5.82 Å². The molecule has 132 valence electrons. The molecule has 0 saturated carbocycles. The van der Waals surface area contributed by atoms with Crippen LogP contribution in [0, 0.1) is 6.92 Å². The molecule has 0 unspecified atom stereocenters. The summed E-state index contributed by atoms with van der Waals surface area (Å²) in [6, 6.07) is 17.8. The van der Waals surface area contributed by atoms with E-state index in [0.717, 1.165) is 18.8 Å². The summed E-state index contributed by atoms with van der Waals surface area (Å²) in [4.78, 5) is 21.6. The molecule has 1 aliphatic heterocycles. The monoisotopic (exact) mass is 347 g/mol. The maximum Gasteiger partial charge on any atom is 0.272 e. The van der Waals surface area contributed by atoms with Crippen molar-refractivity contribution >= 4 is 11.6 Å². The van der Waals surface area contributed by atoms with Crippen LogP contribution >= 0.6 is 0 Å². The number of pyridine rings is 1. The zero-order chi connectivity index (χ0) is 17.9. The Hall–Kier alpha value is -3.15. The molecule has 0 aliphatic carbocycles. The number of aryl methyl sites for hydroxylation is 1. The third kappa shape index (κ3) is 3.18. The third-order valence-corrected chi connectivity index (χ3v) is 4.61. The lowest BCUT2D eigenvalue weighted by atomic mass is 10.2. The van der Waals surface area contributed by atoms with Crippen molar-refractivity contribution in [3.05, 3.63) is 72.2 Å². The lowest BCUT2D eigenvalue weighted by molar-refractivity contribution is 0.0737. The van der Waals surface area contributed by atoms with Gasteiger partial charge in [-0.1, -0.05) is 24.3 Å². The number of aromatic nitrogens is 3. The van der Waals surface area contributed by atoms with E-state index < -0.39 is 0 Å². The Morgan fingerprint density at radius 1 is 0.962 bits per heavy atom. The number of rotatable bonds is 3. The molecule has 0 radical (unpaired) electrons. The second-order valence-corrected chi connectivity index (χ2v) is 6.39. The Labute approximate surface area is 152 Å². The fourth-order valence-electron chi connectivity index (χ4n) is 3.27. The van der Waals surface area contributed by atoms with Gasteiger partial charge in [-0.25, -0.2) is 9.67 Å². The number of anilines is 1. The minimum Gasteiger partial charge on any atom is -0.368 e. The van der Waals surface area contributed by atoms with Gasteiger partial charge < -0.3 is 9.80 Å². The predicted octanol–water partition coefficient (Wildman–Crippen LogP) is 2.54. The average molecular weight is 347 g/mol. The quantitative estimate of drug-likeness (QED) is 0.731. The SMILES string of the molecule is Cc1cc(C(=O)N2CCN(c3ccccc3)CC2)n(-c2ccccn2)n1. The van der Waals surface area contributed by atoms with E-state index >= 15 is 0 Å². The van der Waals surface area contributed by atoms with Crippen molar-refractivity contribution < 1.29 is 4.79 Å². The summed E-state index contributed by atoms with van der Waals surface area (Å²) in [5, 5.41) is 4.46. The zero-order valence-corrected chi connectivity index (χ0v) is 14.7. The van der Waals surface area contributed by atoms with Gasteiger partial charge in [-0.2, -0.15) is 5.10 Å². The summed E-state index contributed by atoms with van der Waals surface area (Å²) in [5.74, 6) is 0.663. The van der Waals surface area contributed by atoms with Crippen LogP contribution in [-0.2, 0) is 0 Å². The minimum atomic E-state index is 0.00367. The molecular weight excluding hydrogens is 326 g/mol. The van der Waals surface area contributed by atoms with Crippen molar-refractivity contribution in [3.63, 3.8) is 0 Å². The summed E-state index contributed by atoms with van der Waals surface area (Å²) < 4.78 is 1.64. The van der Waals surface area contributed by atoms with Gasteiger partial charge in [0.25, 0.3) is 5.91 Å². The molecule has 0 atom stereocenters. The van der Waals surface area contributed by atoms with E-state index in [4.69, 9.17) is 0 Å². The van der Waals surface area contributed by atoms with Gasteiger partial charge in [-0.3, -0.25) is 4.79 Å². The van der Waals surface area contributed by atoms with Gasteiger partial charge in [-0.05, 0) is 37.3 Å². The topological polar surface area (TPSA) is 54.3 Å². The molecule has 0 bridgehead atoms. The number of carbonyl (C=O) groups is 1. The van der Waals surface area contributed by atoms with Gasteiger partial charge in [0.1, 0.15) is 5.69 Å². The highest BCUT2D eigenvalue weighted by atomic mass is 16.2. The van der Waals surface area contributed by atoms with Crippen molar-refractivity contribution in [1.82, 2.24) is 19.7 Å². The summed E-state index contributed by atoms with van der Waals surface area (Å²) in [7, 11) is 0. The summed E-state index contributed by atoms with van der Waals surface area (Å²) in [6.45, 7) is 4.93. The number of carbonyl (C=O) groups excluding carboxylic acids is 1. The number of para-hydroxylation sites is 1. The molecule has 3 aromatic rings. The molecule has 1 aliphatic rings. The number of benzene rings is 1. The van der Waals surface area contributed by atoms with E-state index in [1.165, 1.54) is 5.69 Å². The lowest BCUT2D eigenvalue weighted by Gasteiger charge is -2.36. The first kappa shape index (κ1) is 16.3. The molecule has 1 fully saturated rings. The van der Waals surface area contributed by atoms with Crippen LogP contribution < -0.4 is 4.90 Å². The molecule has 6 heteroatoms. The molecule has 6 nitrogen and oxygen atoms in total. The summed E-state index contributed by atoms with van der Waals surface area (Å²) >= 11 is 0. The molecular formula is C20H21N5O. The second kappa shape index (κ2) is 7.00. The van der Waals surface area contributed by atoms with Gasteiger partial charge in [0.15, 0.2) is 5.82 Å². The minimum absolute atomic E-state index is 0.00367. The van der Waals surface area contributed by atoms with Gasteiger partial charge in [0, 0.05) is 38.1 Å². The lowest BCUT2D eigenvalue weighted by Crippen LogP contribution is -2.49. The van der Waals surface area contributed by atoms with Crippen LogP contribution in [0.15, 0.2) is 60.8 Å². The van der Waals surface area contributed by atoms with Crippen molar-refractivity contribution in [2.75, 3.05) is 31.1 Å². The van der Waals surface area contributed by atoms with Crippen molar-refractivity contribution in [2.45, 2.75) is 6.92 Å². The Morgan fingerprint density at radius 2 is 1.69 bits per heavy atom. The van der Waals surface area contributed by atoms with Crippen molar-refractivity contribution in [2.24, 2.45) is 0 Å². The predicted molar refractivity (Wildman–Crippen MR) is 101 cm³/mol.